The first-order valence-corrected chi connectivity index (χ1v) is 5.50. The monoisotopic (exact) mass is 248 g/mol. The number of hydrogen-bond donors (Lipinski definition) is 0. The predicted octanol–water partition coefficient (Wildman–Crippen LogP) is 3.55. The molecule has 0 unspecified atom stereocenters. The third-order valence-electron chi connectivity index (χ3n) is 2.28. The molecule has 0 atom stereocenters. The van der Waals surface area contributed by atoms with Crippen LogP contribution >= 0.6 is 15.9 Å². The maximum atomic E-state index is 10.6. The maximum Gasteiger partial charge on any atom is 0.150 e. The Labute approximate surface area is 90.9 Å². The second-order valence-electron chi connectivity index (χ2n) is 3.15. The quantitative estimate of drug-likeness (QED) is 0.587. The van der Waals surface area contributed by atoms with Crippen LogP contribution in [0.15, 0.2) is 36.4 Å². The Bertz CT molecular complexity index is 477. The lowest BCUT2D eigenvalue weighted by atomic mass is 10.0. The van der Waals surface area contributed by atoms with Crippen LogP contribution in [0.1, 0.15) is 15.9 Å². The molecule has 2 rings (SSSR count). The van der Waals surface area contributed by atoms with Gasteiger partial charge in [-0.2, -0.15) is 0 Å². The molecule has 0 amide bonds. The van der Waals surface area contributed by atoms with Crippen LogP contribution < -0.4 is 0 Å². The van der Waals surface area contributed by atoms with Gasteiger partial charge in [0.05, 0.1) is 0 Å². The van der Waals surface area contributed by atoms with Crippen LogP contribution in [0.4, 0.5) is 0 Å². The van der Waals surface area contributed by atoms with E-state index in [9.17, 15) is 4.79 Å². The van der Waals surface area contributed by atoms with E-state index in [1.54, 1.807) is 0 Å². The van der Waals surface area contributed by atoms with Crippen molar-refractivity contribution >= 4 is 33.0 Å². The van der Waals surface area contributed by atoms with Crippen LogP contribution in [-0.4, -0.2) is 6.29 Å². The first kappa shape index (κ1) is 9.41. The molecule has 0 heterocycles. The summed E-state index contributed by atoms with van der Waals surface area (Å²) in [5, 5.41) is 3.13. The molecule has 0 bridgehead atoms. The van der Waals surface area contributed by atoms with Crippen molar-refractivity contribution in [2.24, 2.45) is 0 Å². The molecule has 0 saturated carbocycles. The smallest absolute Gasteiger partial charge is 0.150 e. The number of benzene rings is 2. The summed E-state index contributed by atoms with van der Waals surface area (Å²) in [6, 6.07) is 11.9. The van der Waals surface area contributed by atoms with E-state index in [2.05, 4.69) is 28.1 Å². The molecule has 2 aromatic carbocycles. The van der Waals surface area contributed by atoms with Crippen molar-refractivity contribution in [1.82, 2.24) is 0 Å². The third kappa shape index (κ3) is 1.58. The highest BCUT2D eigenvalue weighted by atomic mass is 79.9. The Morgan fingerprint density at radius 2 is 2.07 bits per heavy atom. The van der Waals surface area contributed by atoms with E-state index in [0.717, 1.165) is 22.6 Å². The summed E-state index contributed by atoms with van der Waals surface area (Å²) in [5.74, 6) is 0. The molecule has 1 nitrogen and oxygen atoms in total. The summed E-state index contributed by atoms with van der Waals surface area (Å²) in [6.45, 7) is 0. The minimum atomic E-state index is 0.728. The molecule has 0 spiro atoms. The van der Waals surface area contributed by atoms with Gasteiger partial charge in [-0.15, -0.1) is 0 Å². The first-order chi connectivity index (χ1) is 6.85. The van der Waals surface area contributed by atoms with Crippen LogP contribution in [0.2, 0.25) is 0 Å². The standard InChI is InChI=1S/C12H9BrO/c13-7-11-3-1-2-10-5-4-9(8-14)6-12(10)11/h1-6,8H,7H2. The highest BCUT2D eigenvalue weighted by Crippen LogP contribution is 2.21. The minimum absolute atomic E-state index is 0.728. The molecule has 0 N–H and O–H groups in total. The molecule has 0 aliphatic rings. The molecular formula is C12H9BrO. The molecular weight excluding hydrogens is 240 g/mol. The molecule has 14 heavy (non-hydrogen) atoms. The van der Waals surface area contributed by atoms with Gasteiger partial charge in [0.1, 0.15) is 6.29 Å². The topological polar surface area (TPSA) is 17.1 Å². The van der Waals surface area contributed by atoms with Gasteiger partial charge in [-0.25, -0.2) is 0 Å². The summed E-state index contributed by atoms with van der Waals surface area (Å²) in [5.41, 5.74) is 1.94. The summed E-state index contributed by atoms with van der Waals surface area (Å²) >= 11 is 3.44. The molecule has 2 aromatic rings. The Hall–Kier alpha value is -1.15. The fraction of sp³-hybridized carbons (Fsp3) is 0.0833. The lowest BCUT2D eigenvalue weighted by Crippen LogP contribution is -1.84. The Morgan fingerprint density at radius 1 is 1.21 bits per heavy atom. The van der Waals surface area contributed by atoms with Gasteiger partial charge in [0.25, 0.3) is 0 Å². The van der Waals surface area contributed by atoms with Crippen molar-refractivity contribution in [3.05, 3.63) is 47.5 Å². The fourth-order valence-corrected chi connectivity index (χ4v) is 2.03. The van der Waals surface area contributed by atoms with Crippen molar-refractivity contribution in [3.8, 4) is 0 Å². The van der Waals surface area contributed by atoms with E-state index in [0.29, 0.717) is 0 Å². The zero-order valence-corrected chi connectivity index (χ0v) is 9.12. The second-order valence-corrected chi connectivity index (χ2v) is 3.71. The predicted molar refractivity (Wildman–Crippen MR) is 62.0 cm³/mol. The van der Waals surface area contributed by atoms with Crippen LogP contribution in [0.3, 0.4) is 0 Å². The van der Waals surface area contributed by atoms with Crippen molar-refractivity contribution in [2.45, 2.75) is 5.33 Å². The molecule has 70 valence electrons. The number of hydrogen-bond acceptors (Lipinski definition) is 1. The van der Waals surface area contributed by atoms with Gasteiger partial charge >= 0.3 is 0 Å². The zero-order valence-electron chi connectivity index (χ0n) is 7.53. The molecule has 0 radical (unpaired) electrons. The van der Waals surface area contributed by atoms with Gasteiger partial charge in [0.2, 0.25) is 0 Å². The number of rotatable bonds is 2. The normalized spacial score (nSPS) is 10.4. The lowest BCUT2D eigenvalue weighted by molar-refractivity contribution is 0.112. The fourth-order valence-electron chi connectivity index (χ4n) is 1.54. The van der Waals surface area contributed by atoms with Gasteiger partial charge in [-0.05, 0) is 22.4 Å². The summed E-state index contributed by atoms with van der Waals surface area (Å²) in [6.07, 6.45) is 0.879. The summed E-state index contributed by atoms with van der Waals surface area (Å²) < 4.78 is 0. The van der Waals surface area contributed by atoms with Gasteiger partial charge in [-0.1, -0.05) is 46.3 Å². The van der Waals surface area contributed by atoms with E-state index >= 15 is 0 Å². The molecule has 0 fully saturated rings. The maximum absolute atomic E-state index is 10.6. The number of fused-ring (bicyclic) bond motifs is 1. The van der Waals surface area contributed by atoms with E-state index in [-0.39, 0.29) is 0 Å². The Morgan fingerprint density at radius 3 is 2.79 bits per heavy atom. The summed E-state index contributed by atoms with van der Waals surface area (Å²) in [4.78, 5) is 10.6. The van der Waals surface area contributed by atoms with Crippen molar-refractivity contribution in [3.63, 3.8) is 0 Å². The number of alkyl halides is 1. The highest BCUT2D eigenvalue weighted by molar-refractivity contribution is 9.08. The van der Waals surface area contributed by atoms with E-state index in [4.69, 9.17) is 0 Å². The zero-order chi connectivity index (χ0) is 9.97. The van der Waals surface area contributed by atoms with Gasteiger partial charge in [0, 0.05) is 10.9 Å². The van der Waals surface area contributed by atoms with Gasteiger partial charge < -0.3 is 0 Å². The van der Waals surface area contributed by atoms with Crippen molar-refractivity contribution in [1.29, 1.82) is 0 Å². The summed E-state index contributed by atoms with van der Waals surface area (Å²) in [7, 11) is 0. The molecule has 2 heteroatoms. The number of halogens is 1. The molecule has 0 aromatic heterocycles. The number of aldehydes is 1. The Kier molecular flexibility index (Phi) is 2.64. The van der Waals surface area contributed by atoms with Crippen LogP contribution in [0.5, 0.6) is 0 Å². The minimum Gasteiger partial charge on any atom is -0.298 e. The number of carbonyl (C=O) groups excluding carboxylic acids is 1. The third-order valence-corrected chi connectivity index (χ3v) is 2.88. The van der Waals surface area contributed by atoms with Crippen molar-refractivity contribution in [2.75, 3.05) is 0 Å². The average Bonchev–Trinajstić information content (AvgIpc) is 2.27. The van der Waals surface area contributed by atoms with E-state index < -0.39 is 0 Å². The van der Waals surface area contributed by atoms with Crippen LogP contribution in [0, 0.1) is 0 Å². The second kappa shape index (κ2) is 3.93. The molecule has 0 aliphatic heterocycles. The number of carbonyl (C=O) groups is 1. The average molecular weight is 249 g/mol. The molecule has 0 aliphatic carbocycles. The van der Waals surface area contributed by atoms with E-state index in [1.807, 2.05) is 24.3 Å². The SMILES string of the molecule is O=Cc1ccc2cccc(CBr)c2c1. The van der Waals surface area contributed by atoms with Crippen molar-refractivity contribution < 1.29 is 4.79 Å². The highest BCUT2D eigenvalue weighted by Gasteiger charge is 2.00. The first-order valence-electron chi connectivity index (χ1n) is 4.38. The van der Waals surface area contributed by atoms with Crippen LogP contribution in [0.25, 0.3) is 10.8 Å². The largest absolute Gasteiger partial charge is 0.298 e. The van der Waals surface area contributed by atoms with Gasteiger partial charge in [-0.3, -0.25) is 4.79 Å². The molecule has 0 saturated heterocycles. The van der Waals surface area contributed by atoms with Gasteiger partial charge in [0.15, 0.2) is 0 Å². The lowest BCUT2D eigenvalue weighted by Gasteiger charge is -2.03. The van der Waals surface area contributed by atoms with E-state index in [1.165, 1.54) is 10.9 Å². The Balaban J connectivity index is 2.76. The van der Waals surface area contributed by atoms with Crippen LogP contribution in [-0.2, 0) is 5.33 Å².